The summed E-state index contributed by atoms with van der Waals surface area (Å²) in [7, 11) is 1.81. The smallest absolute Gasteiger partial charge is 0.191 e. The van der Waals surface area contributed by atoms with Crippen molar-refractivity contribution in [2.75, 3.05) is 26.4 Å². The van der Waals surface area contributed by atoms with Crippen molar-refractivity contribution in [2.45, 2.75) is 38.4 Å². The topological polar surface area (TPSA) is 49.3 Å². The summed E-state index contributed by atoms with van der Waals surface area (Å²) in [6, 6.07) is 0. The third kappa shape index (κ3) is 8.25. The van der Waals surface area contributed by atoms with E-state index in [0.29, 0.717) is 0 Å². The first-order valence-electron chi connectivity index (χ1n) is 6.94. The Bertz CT molecular complexity index is 432. The summed E-state index contributed by atoms with van der Waals surface area (Å²) < 4.78 is 0.211. The number of aryl methyl sites for hydroxylation is 1. The highest BCUT2D eigenvalue weighted by molar-refractivity contribution is 14.0. The third-order valence-corrected chi connectivity index (χ3v) is 5.49. The van der Waals surface area contributed by atoms with Crippen LogP contribution in [-0.4, -0.2) is 42.1 Å². The van der Waals surface area contributed by atoms with Gasteiger partial charge in [0.2, 0.25) is 0 Å². The van der Waals surface area contributed by atoms with E-state index in [-0.39, 0.29) is 28.7 Å². The number of thiazole rings is 1. The molecule has 0 saturated carbocycles. The van der Waals surface area contributed by atoms with Crippen molar-refractivity contribution in [2.24, 2.45) is 4.99 Å². The van der Waals surface area contributed by atoms with Gasteiger partial charge in [0.1, 0.15) is 0 Å². The number of aromatic nitrogens is 1. The van der Waals surface area contributed by atoms with E-state index in [9.17, 15) is 0 Å². The lowest BCUT2D eigenvalue weighted by Gasteiger charge is -2.23. The Hall–Kier alpha value is -0.0200. The molecule has 0 aliphatic rings. The zero-order chi connectivity index (χ0) is 15.0. The SMILES string of the molecule is CCc1cnc(CCNC(=NC)NCC(C)(C)SC)s1.I. The van der Waals surface area contributed by atoms with Crippen molar-refractivity contribution < 1.29 is 0 Å². The molecule has 0 unspecified atom stereocenters. The van der Waals surface area contributed by atoms with Gasteiger partial charge in [-0.25, -0.2) is 4.98 Å². The normalized spacial score (nSPS) is 12.0. The number of hydrogen-bond acceptors (Lipinski definition) is 4. The molecule has 1 rings (SSSR count). The lowest BCUT2D eigenvalue weighted by molar-refractivity contribution is 0.664. The first kappa shape index (κ1) is 21.0. The van der Waals surface area contributed by atoms with Crippen molar-refractivity contribution in [3.05, 3.63) is 16.1 Å². The summed E-state index contributed by atoms with van der Waals surface area (Å²) in [5, 5.41) is 7.89. The monoisotopic (exact) mass is 442 g/mol. The zero-order valence-corrected chi connectivity index (χ0v) is 17.5. The van der Waals surface area contributed by atoms with Crippen LogP contribution in [0.15, 0.2) is 11.2 Å². The molecule has 0 amide bonds. The number of rotatable bonds is 7. The summed E-state index contributed by atoms with van der Waals surface area (Å²) in [5.41, 5.74) is 0. The van der Waals surface area contributed by atoms with Gasteiger partial charge < -0.3 is 10.6 Å². The lowest BCUT2D eigenvalue weighted by Crippen LogP contribution is -2.43. The second-order valence-electron chi connectivity index (χ2n) is 5.14. The molecule has 0 saturated heterocycles. The first-order valence-corrected chi connectivity index (χ1v) is 8.98. The summed E-state index contributed by atoms with van der Waals surface area (Å²) in [5.74, 6) is 0.861. The largest absolute Gasteiger partial charge is 0.356 e. The molecular formula is C14H27IN4S2. The van der Waals surface area contributed by atoms with Crippen LogP contribution in [0.1, 0.15) is 30.7 Å². The molecule has 0 fully saturated rings. The number of nitrogens with zero attached hydrogens (tertiary/aromatic N) is 2. The fraction of sp³-hybridized carbons (Fsp3) is 0.714. The molecule has 21 heavy (non-hydrogen) atoms. The summed E-state index contributed by atoms with van der Waals surface area (Å²) in [6.07, 6.45) is 6.12. The molecule has 7 heteroatoms. The van der Waals surface area contributed by atoms with E-state index in [4.69, 9.17) is 0 Å². The summed E-state index contributed by atoms with van der Waals surface area (Å²) >= 11 is 3.65. The van der Waals surface area contributed by atoms with Crippen molar-refractivity contribution in [3.63, 3.8) is 0 Å². The second kappa shape index (κ2) is 10.7. The van der Waals surface area contributed by atoms with Crippen LogP contribution in [-0.2, 0) is 12.8 Å². The Kier molecular flexibility index (Phi) is 10.7. The molecule has 0 atom stereocenters. The van der Waals surface area contributed by atoms with Crippen LogP contribution >= 0.6 is 47.1 Å². The average molecular weight is 442 g/mol. The minimum Gasteiger partial charge on any atom is -0.356 e. The maximum Gasteiger partial charge on any atom is 0.191 e. The van der Waals surface area contributed by atoms with Crippen LogP contribution in [0.3, 0.4) is 0 Å². The molecule has 1 heterocycles. The minimum atomic E-state index is 0. The summed E-state index contributed by atoms with van der Waals surface area (Å²) in [4.78, 5) is 10.0. The Morgan fingerprint density at radius 3 is 2.67 bits per heavy atom. The fourth-order valence-corrected chi connectivity index (χ4v) is 2.58. The molecule has 0 aliphatic heterocycles. The Labute approximate surface area is 154 Å². The Morgan fingerprint density at radius 2 is 2.14 bits per heavy atom. The van der Waals surface area contributed by atoms with Crippen LogP contribution < -0.4 is 10.6 Å². The highest BCUT2D eigenvalue weighted by atomic mass is 127. The van der Waals surface area contributed by atoms with Gasteiger partial charge in [-0.05, 0) is 26.5 Å². The van der Waals surface area contributed by atoms with Gasteiger partial charge in [-0.1, -0.05) is 6.92 Å². The molecule has 2 N–H and O–H groups in total. The molecule has 122 valence electrons. The van der Waals surface area contributed by atoms with Crippen LogP contribution in [0.25, 0.3) is 0 Å². The molecule has 0 aliphatic carbocycles. The van der Waals surface area contributed by atoms with E-state index in [1.165, 1.54) is 9.88 Å². The molecule has 0 radical (unpaired) electrons. The zero-order valence-electron chi connectivity index (χ0n) is 13.5. The van der Waals surface area contributed by atoms with Crippen molar-refractivity contribution in [1.82, 2.24) is 15.6 Å². The Morgan fingerprint density at radius 1 is 1.43 bits per heavy atom. The molecule has 1 aromatic heterocycles. The Balaban J connectivity index is 0.00000400. The number of thioether (sulfide) groups is 1. The minimum absolute atomic E-state index is 0. The molecule has 1 aromatic rings. The number of nitrogens with one attached hydrogen (secondary N) is 2. The first-order chi connectivity index (χ1) is 9.50. The van der Waals surface area contributed by atoms with Gasteiger partial charge >= 0.3 is 0 Å². The molecular weight excluding hydrogens is 415 g/mol. The average Bonchev–Trinajstić information content (AvgIpc) is 2.90. The van der Waals surface area contributed by atoms with Gasteiger partial charge in [0.25, 0.3) is 0 Å². The van der Waals surface area contributed by atoms with E-state index in [2.05, 4.69) is 47.6 Å². The standard InChI is InChI=1S/C14H26N4S2.HI/c1-6-11-9-17-12(20-11)7-8-16-13(15-4)18-10-14(2,3)19-5;/h9H,6-8,10H2,1-5H3,(H2,15,16,18);1H. The van der Waals surface area contributed by atoms with Crippen LogP contribution in [0.2, 0.25) is 0 Å². The number of halogens is 1. The highest BCUT2D eigenvalue weighted by Gasteiger charge is 2.15. The quantitative estimate of drug-likeness (QED) is 0.387. The summed E-state index contributed by atoms with van der Waals surface area (Å²) in [6.45, 7) is 8.36. The maximum absolute atomic E-state index is 4.42. The fourth-order valence-electron chi connectivity index (χ4n) is 1.50. The number of guanidine groups is 1. The van der Waals surface area contributed by atoms with Crippen molar-refractivity contribution >= 4 is 53.0 Å². The van der Waals surface area contributed by atoms with Gasteiger partial charge in [-0.2, -0.15) is 11.8 Å². The highest BCUT2D eigenvalue weighted by Crippen LogP contribution is 2.19. The molecule has 4 nitrogen and oxygen atoms in total. The predicted molar refractivity (Wildman–Crippen MR) is 108 cm³/mol. The van der Waals surface area contributed by atoms with E-state index in [1.54, 1.807) is 18.4 Å². The van der Waals surface area contributed by atoms with Gasteiger partial charge in [-0.15, -0.1) is 35.3 Å². The predicted octanol–water partition coefficient (Wildman–Crippen LogP) is 3.17. The van der Waals surface area contributed by atoms with Crippen LogP contribution in [0, 0.1) is 0 Å². The van der Waals surface area contributed by atoms with Crippen LogP contribution in [0.4, 0.5) is 0 Å². The van der Waals surface area contributed by atoms with Crippen LogP contribution in [0.5, 0.6) is 0 Å². The number of hydrogen-bond donors (Lipinski definition) is 2. The van der Waals surface area contributed by atoms with Gasteiger partial charge in [0.15, 0.2) is 5.96 Å². The van der Waals surface area contributed by atoms with Crippen molar-refractivity contribution in [1.29, 1.82) is 0 Å². The lowest BCUT2D eigenvalue weighted by atomic mass is 10.2. The third-order valence-electron chi connectivity index (χ3n) is 3.04. The van der Waals surface area contributed by atoms with Crippen molar-refractivity contribution in [3.8, 4) is 0 Å². The van der Waals surface area contributed by atoms with E-state index < -0.39 is 0 Å². The second-order valence-corrected chi connectivity index (χ2v) is 7.85. The van der Waals surface area contributed by atoms with E-state index in [0.717, 1.165) is 31.9 Å². The van der Waals surface area contributed by atoms with E-state index >= 15 is 0 Å². The van der Waals surface area contributed by atoms with Gasteiger partial charge in [0, 0.05) is 42.4 Å². The number of aliphatic imine (C=N–C) groups is 1. The molecule has 0 aromatic carbocycles. The van der Waals surface area contributed by atoms with Gasteiger partial charge in [0.05, 0.1) is 5.01 Å². The maximum atomic E-state index is 4.42. The van der Waals surface area contributed by atoms with E-state index in [1.807, 2.05) is 18.0 Å². The molecule has 0 spiro atoms. The molecule has 0 bridgehead atoms. The van der Waals surface area contributed by atoms with Gasteiger partial charge in [-0.3, -0.25) is 4.99 Å².